The van der Waals surface area contributed by atoms with Gasteiger partial charge < -0.3 is 0 Å². The van der Waals surface area contributed by atoms with Crippen molar-refractivity contribution in [3.05, 3.63) is 14.5 Å². The van der Waals surface area contributed by atoms with Gasteiger partial charge in [-0.25, -0.2) is 4.98 Å². The van der Waals surface area contributed by atoms with Crippen molar-refractivity contribution in [1.29, 1.82) is 0 Å². The fraction of sp³-hybridized carbons (Fsp3) is 0.700. The van der Waals surface area contributed by atoms with Gasteiger partial charge in [-0.2, -0.15) is 0 Å². The van der Waals surface area contributed by atoms with E-state index in [-0.39, 0.29) is 5.54 Å². The third kappa shape index (κ3) is 1.75. The van der Waals surface area contributed by atoms with Crippen LogP contribution >= 0.6 is 27.3 Å². The number of hydrogen-bond donors (Lipinski definition) is 0. The molecule has 0 fully saturated rings. The maximum Gasteiger partial charge on any atom is 0.159 e. The van der Waals surface area contributed by atoms with Gasteiger partial charge in [-0.1, -0.05) is 6.92 Å². The fourth-order valence-corrected chi connectivity index (χ4v) is 3.87. The quantitative estimate of drug-likeness (QED) is 0.783. The first kappa shape index (κ1) is 10.6. The molecule has 14 heavy (non-hydrogen) atoms. The molecule has 0 aromatic carbocycles. The summed E-state index contributed by atoms with van der Waals surface area (Å²) in [6.07, 6.45) is 1.12. The fourth-order valence-electron chi connectivity index (χ4n) is 2.05. The van der Waals surface area contributed by atoms with E-state index in [4.69, 9.17) is 0 Å². The first-order valence-electron chi connectivity index (χ1n) is 4.92. The van der Waals surface area contributed by atoms with Gasteiger partial charge in [0, 0.05) is 23.4 Å². The number of hydrogen-bond acceptors (Lipinski definition) is 3. The van der Waals surface area contributed by atoms with Crippen molar-refractivity contribution >= 4 is 27.3 Å². The van der Waals surface area contributed by atoms with Gasteiger partial charge in [-0.05, 0) is 36.3 Å². The molecule has 0 N–H and O–H groups in total. The van der Waals surface area contributed by atoms with Crippen molar-refractivity contribution in [1.82, 2.24) is 9.88 Å². The maximum atomic E-state index is 4.51. The second-order valence-electron chi connectivity index (χ2n) is 4.34. The van der Waals surface area contributed by atoms with Gasteiger partial charge >= 0.3 is 0 Å². The zero-order chi connectivity index (χ0) is 10.3. The molecule has 1 aromatic heterocycles. The van der Waals surface area contributed by atoms with Crippen LogP contribution in [0.1, 0.15) is 31.3 Å². The van der Waals surface area contributed by atoms with Crippen molar-refractivity contribution in [2.45, 2.75) is 39.3 Å². The minimum Gasteiger partial charge on any atom is -0.292 e. The van der Waals surface area contributed by atoms with E-state index in [2.05, 4.69) is 46.6 Å². The minimum atomic E-state index is 0.285. The predicted molar refractivity (Wildman–Crippen MR) is 63.7 cm³/mol. The van der Waals surface area contributed by atoms with E-state index in [9.17, 15) is 0 Å². The molecule has 2 nitrogen and oxygen atoms in total. The molecule has 0 amide bonds. The monoisotopic (exact) mass is 274 g/mol. The normalized spacial score (nSPS) is 20.9. The molecule has 0 spiro atoms. The Labute approximate surface area is 97.5 Å². The molecule has 78 valence electrons. The van der Waals surface area contributed by atoms with Crippen LogP contribution in [0.5, 0.6) is 0 Å². The summed E-state index contributed by atoms with van der Waals surface area (Å²) >= 11 is 5.24. The Bertz CT molecular complexity index is 346. The molecule has 4 heteroatoms. The van der Waals surface area contributed by atoms with Crippen molar-refractivity contribution < 1.29 is 0 Å². The first-order chi connectivity index (χ1) is 6.53. The number of fused-ring (bicyclic) bond motifs is 1. The van der Waals surface area contributed by atoms with Crippen LogP contribution in [0.4, 0.5) is 0 Å². The first-order valence-corrected chi connectivity index (χ1v) is 6.53. The highest BCUT2D eigenvalue weighted by atomic mass is 79.9. The summed E-state index contributed by atoms with van der Waals surface area (Å²) in [5.74, 6) is 0. The molecule has 2 heterocycles. The number of likely N-dealkylation sites (N-methyl/N-ethyl adjacent to an activating group) is 1. The van der Waals surface area contributed by atoms with Crippen LogP contribution in [0, 0.1) is 0 Å². The number of rotatable bonds is 1. The van der Waals surface area contributed by atoms with Crippen molar-refractivity contribution in [3.8, 4) is 0 Å². The van der Waals surface area contributed by atoms with E-state index in [1.54, 1.807) is 11.3 Å². The second kappa shape index (κ2) is 3.58. The van der Waals surface area contributed by atoms with E-state index >= 15 is 0 Å². The minimum absolute atomic E-state index is 0.285. The predicted octanol–water partition coefficient (Wildman–Crippen LogP) is 3.06. The molecule has 0 saturated heterocycles. The molecule has 0 atom stereocenters. The smallest absolute Gasteiger partial charge is 0.159 e. The van der Waals surface area contributed by atoms with E-state index in [0.29, 0.717) is 0 Å². The summed E-state index contributed by atoms with van der Waals surface area (Å²) < 4.78 is 1.02. The van der Waals surface area contributed by atoms with E-state index < -0.39 is 0 Å². The molecule has 0 aliphatic carbocycles. The SMILES string of the molecule is CCN1Cc2nc(Br)sc2CC1(C)C. The second-order valence-corrected chi connectivity index (χ2v) is 6.70. The van der Waals surface area contributed by atoms with Crippen LogP contribution in [-0.2, 0) is 13.0 Å². The average Bonchev–Trinajstić information content (AvgIpc) is 2.40. The molecule has 0 unspecified atom stereocenters. The number of nitrogens with zero attached hydrogens (tertiary/aromatic N) is 2. The highest BCUT2D eigenvalue weighted by Crippen LogP contribution is 2.35. The van der Waals surface area contributed by atoms with Crippen LogP contribution in [0.25, 0.3) is 0 Å². The van der Waals surface area contributed by atoms with Gasteiger partial charge in [0.05, 0.1) is 5.69 Å². The molecule has 1 aromatic rings. The van der Waals surface area contributed by atoms with Gasteiger partial charge in [-0.15, -0.1) is 11.3 Å². The molecule has 0 radical (unpaired) electrons. The third-order valence-corrected chi connectivity index (χ3v) is 4.47. The Morgan fingerprint density at radius 3 is 2.93 bits per heavy atom. The lowest BCUT2D eigenvalue weighted by Gasteiger charge is -2.41. The molecular formula is C10H15BrN2S. The molecular weight excluding hydrogens is 260 g/mol. The van der Waals surface area contributed by atoms with E-state index in [1.165, 1.54) is 10.6 Å². The zero-order valence-electron chi connectivity index (χ0n) is 8.80. The van der Waals surface area contributed by atoms with Crippen molar-refractivity contribution in [2.75, 3.05) is 6.54 Å². The zero-order valence-corrected chi connectivity index (χ0v) is 11.2. The topological polar surface area (TPSA) is 16.1 Å². The Morgan fingerprint density at radius 2 is 2.29 bits per heavy atom. The molecule has 0 bridgehead atoms. The average molecular weight is 275 g/mol. The Hall–Kier alpha value is 0.0700. The van der Waals surface area contributed by atoms with Crippen molar-refractivity contribution in [3.63, 3.8) is 0 Å². The van der Waals surface area contributed by atoms with Gasteiger partial charge in [0.15, 0.2) is 3.92 Å². The third-order valence-electron chi connectivity index (χ3n) is 2.92. The summed E-state index contributed by atoms with van der Waals surface area (Å²) in [5, 5.41) is 0. The molecule has 1 aliphatic heterocycles. The van der Waals surface area contributed by atoms with Crippen LogP contribution < -0.4 is 0 Å². The Kier molecular flexibility index (Phi) is 2.70. The van der Waals surface area contributed by atoms with Gasteiger partial charge in [0.2, 0.25) is 0 Å². The van der Waals surface area contributed by atoms with E-state index in [0.717, 1.165) is 23.4 Å². The number of thiazole rings is 1. The highest BCUT2D eigenvalue weighted by molar-refractivity contribution is 9.11. The van der Waals surface area contributed by atoms with Crippen LogP contribution in [0.2, 0.25) is 0 Å². The molecule has 1 aliphatic rings. The summed E-state index contributed by atoms with van der Waals surface area (Å²) in [5.41, 5.74) is 1.55. The molecule has 0 saturated carbocycles. The van der Waals surface area contributed by atoms with Crippen LogP contribution in [0.15, 0.2) is 3.92 Å². The van der Waals surface area contributed by atoms with Crippen LogP contribution in [-0.4, -0.2) is 22.0 Å². The lowest BCUT2D eigenvalue weighted by atomic mass is 9.92. The largest absolute Gasteiger partial charge is 0.292 e. The summed E-state index contributed by atoms with van der Waals surface area (Å²) in [4.78, 5) is 8.45. The lowest BCUT2D eigenvalue weighted by Crippen LogP contribution is -2.47. The summed E-state index contributed by atoms with van der Waals surface area (Å²) in [6, 6.07) is 0. The number of aromatic nitrogens is 1. The summed E-state index contributed by atoms with van der Waals surface area (Å²) in [7, 11) is 0. The Balaban J connectivity index is 2.34. The van der Waals surface area contributed by atoms with Gasteiger partial charge in [0.25, 0.3) is 0 Å². The van der Waals surface area contributed by atoms with E-state index in [1.807, 2.05) is 0 Å². The highest BCUT2D eigenvalue weighted by Gasteiger charge is 2.33. The molecule has 2 rings (SSSR count). The van der Waals surface area contributed by atoms with Crippen molar-refractivity contribution in [2.24, 2.45) is 0 Å². The standard InChI is InChI=1S/C10H15BrN2S/c1-4-13-6-7-8(5-10(13,2)3)14-9(11)12-7/h4-6H2,1-3H3. The lowest BCUT2D eigenvalue weighted by molar-refractivity contribution is 0.104. The van der Waals surface area contributed by atoms with Gasteiger partial charge in [0.1, 0.15) is 0 Å². The summed E-state index contributed by atoms with van der Waals surface area (Å²) in [6.45, 7) is 8.94. The Morgan fingerprint density at radius 1 is 1.57 bits per heavy atom. The van der Waals surface area contributed by atoms with Gasteiger partial charge in [-0.3, -0.25) is 4.90 Å². The maximum absolute atomic E-state index is 4.51. The van der Waals surface area contributed by atoms with Crippen LogP contribution in [0.3, 0.4) is 0 Å². The number of halogens is 1.